The Balaban J connectivity index is 1.69. The lowest BCUT2D eigenvalue weighted by atomic mass is 9.52. The minimum atomic E-state index is -4.25. The normalized spacial score (nSPS) is 28.3. The minimum Gasteiger partial charge on any atom is -0.390 e. The second-order valence-corrected chi connectivity index (χ2v) is 9.08. The highest BCUT2D eigenvalue weighted by Gasteiger charge is 2.52. The van der Waals surface area contributed by atoms with Crippen LogP contribution in [0.3, 0.4) is 0 Å². The number of hydrogen-bond donors (Lipinski definition) is 1. The van der Waals surface area contributed by atoms with E-state index in [1.807, 2.05) is 36.4 Å². The molecular weight excluding hydrogens is 387 g/mol. The van der Waals surface area contributed by atoms with Gasteiger partial charge in [0.15, 0.2) is 0 Å². The van der Waals surface area contributed by atoms with Crippen molar-refractivity contribution in [3.8, 4) is 6.07 Å². The molecule has 0 heterocycles. The molecule has 2 nitrogen and oxygen atoms in total. The summed E-state index contributed by atoms with van der Waals surface area (Å²) in [6, 6.07) is 18.2. The number of benzene rings is 2. The molecular formula is C25H26F3NO. The molecule has 2 aromatic rings. The van der Waals surface area contributed by atoms with Crippen LogP contribution in [0.25, 0.3) is 0 Å². The van der Waals surface area contributed by atoms with E-state index in [2.05, 4.69) is 18.2 Å². The Hall–Kier alpha value is -2.32. The molecule has 1 saturated carbocycles. The highest BCUT2D eigenvalue weighted by molar-refractivity contribution is 5.46. The van der Waals surface area contributed by atoms with Crippen LogP contribution in [0.4, 0.5) is 13.2 Å². The Morgan fingerprint density at radius 2 is 1.87 bits per heavy atom. The summed E-state index contributed by atoms with van der Waals surface area (Å²) in [6.07, 6.45) is -1.59. The molecule has 4 rings (SSSR count). The molecule has 0 saturated heterocycles. The molecule has 1 unspecified atom stereocenters. The number of aliphatic hydroxyl groups is 1. The molecule has 3 atom stereocenters. The Labute approximate surface area is 175 Å². The Kier molecular flexibility index (Phi) is 5.40. The summed E-state index contributed by atoms with van der Waals surface area (Å²) in [5.41, 5.74) is 2.74. The molecule has 1 N–H and O–H groups in total. The van der Waals surface area contributed by atoms with E-state index in [4.69, 9.17) is 0 Å². The molecule has 30 heavy (non-hydrogen) atoms. The largest absolute Gasteiger partial charge is 0.390 e. The number of halogens is 3. The van der Waals surface area contributed by atoms with E-state index in [9.17, 15) is 23.5 Å². The van der Waals surface area contributed by atoms with Crippen LogP contribution in [0.15, 0.2) is 48.5 Å². The zero-order valence-corrected chi connectivity index (χ0v) is 16.9. The first-order valence-corrected chi connectivity index (χ1v) is 10.6. The molecule has 0 radical (unpaired) electrons. The van der Waals surface area contributed by atoms with Gasteiger partial charge in [-0.2, -0.15) is 18.4 Å². The van der Waals surface area contributed by atoms with E-state index in [1.165, 1.54) is 16.7 Å². The number of alkyl halides is 3. The van der Waals surface area contributed by atoms with Crippen molar-refractivity contribution in [3.63, 3.8) is 0 Å². The fourth-order valence-electron chi connectivity index (χ4n) is 5.72. The zero-order chi connectivity index (χ0) is 21.4. The second-order valence-electron chi connectivity index (χ2n) is 9.08. The monoisotopic (exact) mass is 413 g/mol. The van der Waals surface area contributed by atoms with Crippen molar-refractivity contribution in [1.82, 2.24) is 0 Å². The van der Waals surface area contributed by atoms with Crippen molar-refractivity contribution in [1.29, 1.82) is 5.26 Å². The summed E-state index contributed by atoms with van der Waals surface area (Å²) in [7, 11) is 0. The van der Waals surface area contributed by atoms with E-state index < -0.39 is 18.2 Å². The van der Waals surface area contributed by atoms with Crippen molar-refractivity contribution in [2.24, 2.45) is 5.92 Å². The van der Waals surface area contributed by atoms with Gasteiger partial charge >= 0.3 is 6.18 Å². The topological polar surface area (TPSA) is 44.0 Å². The van der Waals surface area contributed by atoms with Gasteiger partial charge in [-0.1, -0.05) is 36.4 Å². The maximum atomic E-state index is 12.8. The molecule has 0 bridgehead atoms. The van der Waals surface area contributed by atoms with Crippen molar-refractivity contribution < 1.29 is 18.3 Å². The SMILES string of the molecule is N#Cc1ccc2c(c1)CC[C@@H]1CC(O)(CCC(F)(F)F)CC[C@@]21Cc1ccccc1. The van der Waals surface area contributed by atoms with Gasteiger partial charge in [0.05, 0.1) is 17.2 Å². The maximum Gasteiger partial charge on any atom is 0.389 e. The fraction of sp³-hybridized carbons (Fsp3) is 0.480. The van der Waals surface area contributed by atoms with Gasteiger partial charge < -0.3 is 5.11 Å². The molecule has 2 aliphatic carbocycles. The third-order valence-corrected chi connectivity index (χ3v) is 7.21. The lowest BCUT2D eigenvalue weighted by molar-refractivity contribution is -0.153. The van der Waals surface area contributed by atoms with Crippen LogP contribution >= 0.6 is 0 Å². The Morgan fingerprint density at radius 3 is 2.57 bits per heavy atom. The molecule has 0 aliphatic heterocycles. The van der Waals surface area contributed by atoms with Crippen LogP contribution in [-0.2, 0) is 18.3 Å². The van der Waals surface area contributed by atoms with Crippen LogP contribution < -0.4 is 0 Å². The lowest BCUT2D eigenvalue weighted by Gasteiger charge is -2.53. The molecule has 0 spiro atoms. The first-order chi connectivity index (χ1) is 14.2. The summed E-state index contributed by atoms with van der Waals surface area (Å²) in [6.45, 7) is 0. The smallest absolute Gasteiger partial charge is 0.389 e. The second kappa shape index (κ2) is 7.74. The fourth-order valence-corrected chi connectivity index (χ4v) is 5.72. The number of rotatable bonds is 4. The quantitative estimate of drug-likeness (QED) is 0.682. The van der Waals surface area contributed by atoms with E-state index in [-0.39, 0.29) is 17.8 Å². The van der Waals surface area contributed by atoms with Gasteiger partial charge in [0.25, 0.3) is 0 Å². The summed E-state index contributed by atoms with van der Waals surface area (Å²) in [4.78, 5) is 0. The summed E-state index contributed by atoms with van der Waals surface area (Å²) in [5.74, 6) is 0.116. The molecule has 0 amide bonds. The number of hydrogen-bond acceptors (Lipinski definition) is 2. The van der Waals surface area contributed by atoms with Crippen molar-refractivity contribution >= 4 is 0 Å². The third kappa shape index (κ3) is 4.11. The van der Waals surface area contributed by atoms with Crippen LogP contribution in [0.5, 0.6) is 0 Å². The zero-order valence-electron chi connectivity index (χ0n) is 16.9. The molecule has 2 aromatic carbocycles. The van der Waals surface area contributed by atoms with E-state index in [1.54, 1.807) is 0 Å². The molecule has 0 aromatic heterocycles. The van der Waals surface area contributed by atoms with E-state index in [0.717, 1.165) is 19.3 Å². The predicted molar refractivity (Wildman–Crippen MR) is 109 cm³/mol. The molecule has 1 fully saturated rings. The van der Waals surface area contributed by atoms with Crippen molar-refractivity contribution in [3.05, 3.63) is 70.8 Å². The van der Waals surface area contributed by atoms with Crippen LogP contribution in [0, 0.1) is 17.2 Å². The predicted octanol–water partition coefficient (Wildman–Crippen LogP) is 5.86. The number of fused-ring (bicyclic) bond motifs is 3. The van der Waals surface area contributed by atoms with Gasteiger partial charge in [0.2, 0.25) is 0 Å². The number of nitriles is 1. The van der Waals surface area contributed by atoms with Crippen LogP contribution in [0.2, 0.25) is 0 Å². The summed E-state index contributed by atoms with van der Waals surface area (Å²) >= 11 is 0. The van der Waals surface area contributed by atoms with Gasteiger partial charge in [0, 0.05) is 11.8 Å². The Bertz CT molecular complexity index is 949. The summed E-state index contributed by atoms with van der Waals surface area (Å²) in [5, 5.41) is 20.3. The first-order valence-electron chi connectivity index (χ1n) is 10.6. The first kappa shape index (κ1) is 20.9. The van der Waals surface area contributed by atoms with Crippen LogP contribution in [0.1, 0.15) is 60.8 Å². The average Bonchev–Trinajstić information content (AvgIpc) is 2.73. The van der Waals surface area contributed by atoms with Crippen LogP contribution in [-0.4, -0.2) is 16.9 Å². The van der Waals surface area contributed by atoms with E-state index >= 15 is 0 Å². The third-order valence-electron chi connectivity index (χ3n) is 7.21. The van der Waals surface area contributed by atoms with Gasteiger partial charge in [0.1, 0.15) is 0 Å². The number of aryl methyl sites for hydroxylation is 1. The van der Waals surface area contributed by atoms with Gasteiger partial charge in [-0.3, -0.25) is 0 Å². The maximum absolute atomic E-state index is 12.8. The molecule has 158 valence electrons. The van der Waals surface area contributed by atoms with Crippen molar-refractivity contribution in [2.45, 2.75) is 68.6 Å². The van der Waals surface area contributed by atoms with Gasteiger partial charge in [-0.05, 0) is 79.7 Å². The Morgan fingerprint density at radius 1 is 1.10 bits per heavy atom. The highest BCUT2D eigenvalue weighted by atomic mass is 19.4. The molecule has 2 aliphatic rings. The van der Waals surface area contributed by atoms with Crippen molar-refractivity contribution in [2.75, 3.05) is 0 Å². The lowest BCUT2D eigenvalue weighted by Crippen LogP contribution is -2.51. The molecule has 5 heteroatoms. The standard InChI is InChI=1S/C25H26F3NO/c26-25(27,28)13-11-23(30)10-12-24(15-18-4-2-1-3-5-18)21(16-23)8-7-20-14-19(17-29)6-9-22(20)24/h1-6,9,14,21,30H,7-8,10-13,15-16H2/t21-,23?,24+/m1/s1. The summed E-state index contributed by atoms with van der Waals surface area (Å²) < 4.78 is 38.4. The average molecular weight is 413 g/mol. The van der Waals surface area contributed by atoms with Gasteiger partial charge in [-0.15, -0.1) is 0 Å². The van der Waals surface area contributed by atoms with Gasteiger partial charge in [-0.25, -0.2) is 0 Å². The minimum absolute atomic E-state index is 0.116. The van der Waals surface area contributed by atoms with E-state index in [0.29, 0.717) is 24.8 Å². The highest BCUT2D eigenvalue weighted by Crippen LogP contribution is 2.55. The number of nitrogens with zero attached hydrogens (tertiary/aromatic N) is 1.